The Morgan fingerprint density at radius 1 is 0.438 bits per heavy atom. The van der Waals surface area contributed by atoms with E-state index in [0.717, 1.165) is 6.42 Å². The molecule has 0 radical (unpaired) electrons. The van der Waals surface area contributed by atoms with E-state index in [4.69, 9.17) is 0 Å². The van der Waals surface area contributed by atoms with Gasteiger partial charge in [-0.2, -0.15) is 0 Å². The van der Waals surface area contributed by atoms with Crippen LogP contribution in [0.25, 0.3) is 88.1 Å². The van der Waals surface area contributed by atoms with Crippen LogP contribution in [0.2, 0.25) is 0 Å². The van der Waals surface area contributed by atoms with Gasteiger partial charge in [0.05, 0.1) is 0 Å². The molecule has 0 fully saturated rings. The van der Waals surface area contributed by atoms with Crippen LogP contribution in [-0.2, 0) is 0 Å². The standard InChI is InChI=1S/C48H32/c1-2-13-34-28-35(21-20-31(34)10-1)36-22-23-38-30-39(25-24-37(38)29-36)46-43-17-7-8-18-44(43)48(42-19-9-14-32-11-3-5-15-40(32)42)47-41-16-6-4-12-33(41)26-27-45(46)47/h1-25,27-30,33H,26H2. The highest BCUT2D eigenvalue weighted by Crippen LogP contribution is 2.38. The Morgan fingerprint density at radius 2 is 1.02 bits per heavy atom. The number of hydrogen-bond donors (Lipinski definition) is 0. The van der Waals surface area contributed by atoms with Crippen LogP contribution >= 0.6 is 0 Å². The largest absolute Gasteiger partial charge is 0.0767 e. The Hall–Kier alpha value is -5.98. The maximum Gasteiger partial charge on any atom is 0.00623 e. The highest BCUT2D eigenvalue weighted by molar-refractivity contribution is 6.11. The van der Waals surface area contributed by atoms with Gasteiger partial charge in [0, 0.05) is 5.92 Å². The van der Waals surface area contributed by atoms with Gasteiger partial charge in [-0.3, -0.25) is 0 Å². The molecule has 2 aliphatic rings. The Morgan fingerprint density at radius 3 is 1.81 bits per heavy atom. The van der Waals surface area contributed by atoms with Gasteiger partial charge in [-0.15, -0.1) is 0 Å². The predicted molar refractivity (Wildman–Crippen MR) is 206 cm³/mol. The summed E-state index contributed by atoms with van der Waals surface area (Å²) in [5.74, 6) is 0.385. The lowest BCUT2D eigenvalue weighted by Crippen LogP contribution is -2.36. The minimum Gasteiger partial charge on any atom is -0.0767 e. The first-order chi connectivity index (χ1) is 23.8. The van der Waals surface area contributed by atoms with Crippen LogP contribution < -0.4 is 10.4 Å². The first kappa shape index (κ1) is 27.2. The number of hydrogen-bond acceptors (Lipinski definition) is 0. The highest BCUT2D eigenvalue weighted by atomic mass is 14.3. The van der Waals surface area contributed by atoms with E-state index in [1.54, 1.807) is 0 Å². The minimum absolute atomic E-state index is 0.385. The zero-order chi connectivity index (χ0) is 31.6. The number of benzene rings is 8. The summed E-state index contributed by atoms with van der Waals surface area (Å²) in [7, 11) is 0. The van der Waals surface area contributed by atoms with E-state index in [1.165, 1.54) is 92.5 Å². The molecule has 0 aromatic heterocycles. The second kappa shape index (κ2) is 10.8. The lowest BCUT2D eigenvalue weighted by Gasteiger charge is -2.25. The molecular formula is C48H32. The number of fused-ring (bicyclic) bond motifs is 6. The van der Waals surface area contributed by atoms with Crippen molar-refractivity contribution in [2.24, 2.45) is 5.92 Å². The maximum atomic E-state index is 2.51. The summed E-state index contributed by atoms with van der Waals surface area (Å²) in [6.07, 6.45) is 12.7. The van der Waals surface area contributed by atoms with E-state index in [9.17, 15) is 0 Å². The maximum absolute atomic E-state index is 2.51. The van der Waals surface area contributed by atoms with Gasteiger partial charge in [-0.05, 0) is 117 Å². The van der Waals surface area contributed by atoms with Crippen LogP contribution in [0.5, 0.6) is 0 Å². The smallest absolute Gasteiger partial charge is 0.00623 e. The monoisotopic (exact) mass is 608 g/mol. The fraction of sp³-hybridized carbons (Fsp3) is 0.0417. The Labute approximate surface area is 279 Å². The van der Waals surface area contributed by atoms with E-state index in [-0.39, 0.29) is 0 Å². The molecule has 0 spiro atoms. The molecule has 48 heavy (non-hydrogen) atoms. The molecule has 10 rings (SSSR count). The number of rotatable bonds is 3. The zero-order valence-corrected chi connectivity index (χ0v) is 26.5. The molecule has 0 N–H and O–H groups in total. The molecule has 0 aliphatic heterocycles. The van der Waals surface area contributed by atoms with Crippen molar-refractivity contribution in [2.45, 2.75) is 6.42 Å². The van der Waals surface area contributed by atoms with E-state index < -0.39 is 0 Å². The van der Waals surface area contributed by atoms with Gasteiger partial charge >= 0.3 is 0 Å². The van der Waals surface area contributed by atoms with Gasteiger partial charge < -0.3 is 0 Å². The van der Waals surface area contributed by atoms with Gasteiger partial charge in [0.2, 0.25) is 0 Å². The van der Waals surface area contributed by atoms with Crippen molar-refractivity contribution < 1.29 is 0 Å². The predicted octanol–water partition coefficient (Wildman–Crippen LogP) is 11.4. The normalized spacial score (nSPS) is 15.2. The molecule has 224 valence electrons. The van der Waals surface area contributed by atoms with Crippen molar-refractivity contribution in [3.63, 3.8) is 0 Å². The second-order valence-corrected chi connectivity index (χ2v) is 13.2. The van der Waals surface area contributed by atoms with Crippen molar-refractivity contribution in [1.82, 2.24) is 0 Å². The first-order valence-electron chi connectivity index (χ1n) is 17.0. The quantitative estimate of drug-likeness (QED) is 0.187. The lowest BCUT2D eigenvalue weighted by atomic mass is 9.78. The summed E-state index contributed by atoms with van der Waals surface area (Å²) in [6, 6.07) is 54.0. The Balaban J connectivity index is 1.23. The SMILES string of the molecule is C1=CC2=c3c(-c4cccc5ccccc45)c4ccccc4c(-c4ccc5cc(-c6ccc7ccccc7c6)ccc5c4)c3=CCC2C=C1. The molecule has 0 amide bonds. The fourth-order valence-electron chi connectivity index (χ4n) is 8.25. The van der Waals surface area contributed by atoms with Crippen LogP contribution in [0.3, 0.4) is 0 Å². The molecule has 0 saturated heterocycles. The third-order valence-electron chi connectivity index (χ3n) is 10.5. The average molecular weight is 609 g/mol. The van der Waals surface area contributed by atoms with E-state index in [2.05, 4.69) is 176 Å². The molecule has 0 bridgehead atoms. The van der Waals surface area contributed by atoms with E-state index in [1.807, 2.05) is 0 Å². The van der Waals surface area contributed by atoms with Crippen molar-refractivity contribution >= 4 is 54.7 Å². The second-order valence-electron chi connectivity index (χ2n) is 13.2. The van der Waals surface area contributed by atoms with E-state index in [0.29, 0.717) is 5.92 Å². The third kappa shape index (κ3) is 4.23. The minimum atomic E-state index is 0.385. The Bertz CT molecular complexity index is 2800. The van der Waals surface area contributed by atoms with Gasteiger partial charge in [-0.1, -0.05) is 158 Å². The molecular weight excluding hydrogens is 577 g/mol. The average Bonchev–Trinajstić information content (AvgIpc) is 3.16. The van der Waals surface area contributed by atoms with Crippen LogP contribution in [0.1, 0.15) is 6.42 Å². The summed E-state index contributed by atoms with van der Waals surface area (Å²) in [5, 5.41) is 13.0. The van der Waals surface area contributed by atoms with Gasteiger partial charge in [-0.25, -0.2) is 0 Å². The molecule has 0 heterocycles. The zero-order valence-electron chi connectivity index (χ0n) is 26.5. The van der Waals surface area contributed by atoms with Crippen molar-refractivity contribution in [3.8, 4) is 33.4 Å². The van der Waals surface area contributed by atoms with Gasteiger partial charge in [0.25, 0.3) is 0 Å². The van der Waals surface area contributed by atoms with E-state index >= 15 is 0 Å². The van der Waals surface area contributed by atoms with Crippen LogP contribution in [0.4, 0.5) is 0 Å². The fourth-order valence-corrected chi connectivity index (χ4v) is 8.25. The van der Waals surface area contributed by atoms with Gasteiger partial charge in [0.15, 0.2) is 0 Å². The van der Waals surface area contributed by atoms with Crippen LogP contribution in [0.15, 0.2) is 170 Å². The Kier molecular flexibility index (Phi) is 6.11. The van der Waals surface area contributed by atoms with Crippen molar-refractivity contribution in [3.05, 3.63) is 180 Å². The summed E-state index contributed by atoms with van der Waals surface area (Å²) < 4.78 is 0. The first-order valence-corrected chi connectivity index (χ1v) is 17.0. The lowest BCUT2D eigenvalue weighted by molar-refractivity contribution is 0.864. The molecule has 1 atom stereocenters. The molecule has 8 aromatic rings. The summed E-state index contributed by atoms with van der Waals surface area (Å²) >= 11 is 0. The van der Waals surface area contributed by atoms with Gasteiger partial charge in [0.1, 0.15) is 0 Å². The molecule has 8 aromatic carbocycles. The summed E-state index contributed by atoms with van der Waals surface area (Å²) in [6.45, 7) is 0. The molecule has 0 heteroatoms. The van der Waals surface area contributed by atoms with Crippen molar-refractivity contribution in [2.75, 3.05) is 0 Å². The van der Waals surface area contributed by atoms with Crippen LogP contribution in [0, 0.1) is 5.92 Å². The molecule has 0 nitrogen and oxygen atoms in total. The molecule has 0 saturated carbocycles. The summed E-state index contributed by atoms with van der Waals surface area (Å²) in [4.78, 5) is 0. The third-order valence-corrected chi connectivity index (χ3v) is 10.5. The summed E-state index contributed by atoms with van der Waals surface area (Å²) in [5.41, 5.74) is 9.16. The number of allylic oxidation sites excluding steroid dienone is 4. The van der Waals surface area contributed by atoms with Crippen molar-refractivity contribution in [1.29, 1.82) is 0 Å². The topological polar surface area (TPSA) is 0 Å². The highest BCUT2D eigenvalue weighted by Gasteiger charge is 2.23. The molecule has 2 aliphatic carbocycles. The molecule has 1 unspecified atom stereocenters. The van der Waals surface area contributed by atoms with Crippen LogP contribution in [-0.4, -0.2) is 0 Å².